The summed E-state index contributed by atoms with van der Waals surface area (Å²) >= 11 is 0. The molecule has 0 aromatic heterocycles. The van der Waals surface area contributed by atoms with Gasteiger partial charge in [-0.25, -0.2) is 9.18 Å². The van der Waals surface area contributed by atoms with Crippen LogP contribution in [0.25, 0.3) is 0 Å². The quantitative estimate of drug-likeness (QED) is 0.672. The first-order chi connectivity index (χ1) is 13.2. The van der Waals surface area contributed by atoms with Crippen molar-refractivity contribution in [3.05, 3.63) is 107 Å². The van der Waals surface area contributed by atoms with E-state index in [0.29, 0.717) is 0 Å². The number of hydrogen-bond acceptors (Lipinski definition) is 2. The molecule has 1 saturated heterocycles. The molecular formula is C23H16FNO2. The number of carbonyl (C=O) groups is 1. The van der Waals surface area contributed by atoms with Gasteiger partial charge >= 0.3 is 6.09 Å². The molecule has 27 heavy (non-hydrogen) atoms. The first-order valence-electron chi connectivity index (χ1n) is 8.59. The van der Waals surface area contributed by atoms with E-state index in [-0.39, 0.29) is 11.9 Å². The molecule has 1 aliphatic heterocycles. The van der Waals surface area contributed by atoms with Gasteiger partial charge in [-0.05, 0) is 47.5 Å². The molecule has 1 heterocycles. The summed E-state index contributed by atoms with van der Waals surface area (Å²) in [6.45, 7) is 0. The predicted octanol–water partition coefficient (Wildman–Crippen LogP) is 4.75. The van der Waals surface area contributed by atoms with Crippen LogP contribution in [0.2, 0.25) is 0 Å². The first kappa shape index (κ1) is 16.9. The Morgan fingerprint density at radius 2 is 1.52 bits per heavy atom. The van der Waals surface area contributed by atoms with Gasteiger partial charge in [-0.1, -0.05) is 54.3 Å². The Kier molecular flexibility index (Phi) is 4.59. The summed E-state index contributed by atoms with van der Waals surface area (Å²) in [5.74, 6) is 5.94. The maximum absolute atomic E-state index is 13.2. The molecule has 3 nitrogen and oxygen atoms in total. The van der Waals surface area contributed by atoms with Gasteiger partial charge in [-0.2, -0.15) is 0 Å². The van der Waals surface area contributed by atoms with E-state index in [1.165, 1.54) is 12.1 Å². The van der Waals surface area contributed by atoms with Crippen LogP contribution in [0.3, 0.4) is 0 Å². The summed E-state index contributed by atoms with van der Waals surface area (Å²) in [5, 5.41) is 2.83. The fourth-order valence-corrected chi connectivity index (χ4v) is 3.07. The van der Waals surface area contributed by atoms with Gasteiger partial charge in [0.15, 0.2) is 6.10 Å². The molecule has 2 atom stereocenters. The Balaban J connectivity index is 1.63. The number of hydrogen-bond donors (Lipinski definition) is 1. The summed E-state index contributed by atoms with van der Waals surface area (Å²) < 4.78 is 18.6. The van der Waals surface area contributed by atoms with E-state index in [4.69, 9.17) is 4.74 Å². The molecule has 3 aromatic rings. The van der Waals surface area contributed by atoms with E-state index in [0.717, 1.165) is 22.3 Å². The van der Waals surface area contributed by atoms with Crippen molar-refractivity contribution in [2.24, 2.45) is 0 Å². The molecule has 0 saturated carbocycles. The van der Waals surface area contributed by atoms with Crippen molar-refractivity contribution >= 4 is 6.09 Å². The van der Waals surface area contributed by atoms with Gasteiger partial charge in [-0.3, -0.25) is 0 Å². The number of cyclic esters (lactones) is 1. The van der Waals surface area contributed by atoms with Crippen LogP contribution in [0.4, 0.5) is 9.18 Å². The molecule has 4 rings (SSSR count). The molecule has 132 valence electrons. The van der Waals surface area contributed by atoms with Crippen LogP contribution in [0.1, 0.15) is 34.4 Å². The highest BCUT2D eigenvalue weighted by Crippen LogP contribution is 2.36. The maximum atomic E-state index is 13.2. The third-order valence-corrected chi connectivity index (χ3v) is 4.38. The number of ether oxygens (including phenoxy) is 1. The second-order valence-electron chi connectivity index (χ2n) is 6.24. The van der Waals surface area contributed by atoms with E-state index < -0.39 is 12.2 Å². The van der Waals surface area contributed by atoms with Crippen LogP contribution in [0.15, 0.2) is 78.9 Å². The molecule has 1 aliphatic rings. The van der Waals surface area contributed by atoms with Gasteiger partial charge < -0.3 is 10.1 Å². The lowest BCUT2D eigenvalue weighted by Crippen LogP contribution is -2.19. The van der Waals surface area contributed by atoms with Gasteiger partial charge in [0, 0.05) is 11.1 Å². The van der Waals surface area contributed by atoms with Crippen molar-refractivity contribution in [3.63, 3.8) is 0 Å². The van der Waals surface area contributed by atoms with Crippen LogP contribution in [0, 0.1) is 17.7 Å². The lowest BCUT2D eigenvalue weighted by Gasteiger charge is -2.18. The Morgan fingerprint density at radius 1 is 0.815 bits per heavy atom. The van der Waals surface area contributed by atoms with Gasteiger partial charge in [0.1, 0.15) is 5.82 Å². The molecule has 1 fully saturated rings. The zero-order chi connectivity index (χ0) is 18.6. The minimum absolute atomic E-state index is 0.328. The maximum Gasteiger partial charge on any atom is 0.408 e. The molecule has 0 bridgehead atoms. The van der Waals surface area contributed by atoms with Crippen LogP contribution in [-0.2, 0) is 4.74 Å². The summed E-state index contributed by atoms with van der Waals surface area (Å²) in [5.41, 5.74) is 3.40. The number of alkyl carbamates (subject to hydrolysis) is 1. The van der Waals surface area contributed by atoms with Crippen LogP contribution >= 0.6 is 0 Å². The highest BCUT2D eigenvalue weighted by atomic mass is 19.1. The van der Waals surface area contributed by atoms with Crippen molar-refractivity contribution in [1.82, 2.24) is 5.32 Å². The second-order valence-corrected chi connectivity index (χ2v) is 6.24. The molecule has 4 heteroatoms. The minimum atomic E-state index is -0.518. The standard InChI is InChI=1S/C23H16FNO2/c24-20-13-11-18(12-14-20)22-21(25-23(26)27-22)19-8-4-7-17(15-19)10-9-16-5-2-1-3-6-16/h1-8,11-15,21-22H,(H,25,26)/t21-,22?/m1/s1. The summed E-state index contributed by atoms with van der Waals surface area (Å²) in [4.78, 5) is 11.8. The molecule has 1 N–H and O–H groups in total. The lowest BCUT2D eigenvalue weighted by atomic mass is 9.95. The lowest BCUT2D eigenvalue weighted by molar-refractivity contribution is 0.132. The first-order valence-corrected chi connectivity index (χ1v) is 8.59. The smallest absolute Gasteiger partial charge is 0.408 e. The van der Waals surface area contributed by atoms with Gasteiger partial charge in [0.25, 0.3) is 0 Å². The van der Waals surface area contributed by atoms with Crippen molar-refractivity contribution in [1.29, 1.82) is 0 Å². The van der Waals surface area contributed by atoms with Crippen LogP contribution in [-0.4, -0.2) is 6.09 Å². The number of amides is 1. The van der Waals surface area contributed by atoms with Crippen molar-refractivity contribution < 1.29 is 13.9 Å². The molecule has 1 unspecified atom stereocenters. The van der Waals surface area contributed by atoms with Gasteiger partial charge in [-0.15, -0.1) is 0 Å². The molecule has 0 spiro atoms. The average Bonchev–Trinajstić information content (AvgIpc) is 3.10. The van der Waals surface area contributed by atoms with Gasteiger partial charge in [0.05, 0.1) is 6.04 Å². The fraction of sp³-hybridized carbons (Fsp3) is 0.0870. The number of rotatable bonds is 2. The molecular weight excluding hydrogens is 341 g/mol. The SMILES string of the molecule is O=C1N[C@H](c2cccc(C#Cc3ccccc3)c2)C(c2ccc(F)cc2)O1. The zero-order valence-corrected chi connectivity index (χ0v) is 14.4. The number of benzene rings is 3. The monoisotopic (exact) mass is 357 g/mol. The van der Waals surface area contributed by atoms with E-state index in [1.807, 2.05) is 54.6 Å². The van der Waals surface area contributed by atoms with Crippen LogP contribution < -0.4 is 5.32 Å². The number of halogens is 1. The van der Waals surface area contributed by atoms with E-state index in [9.17, 15) is 9.18 Å². The Morgan fingerprint density at radius 3 is 2.30 bits per heavy atom. The van der Waals surface area contributed by atoms with Crippen molar-refractivity contribution in [2.75, 3.05) is 0 Å². The van der Waals surface area contributed by atoms with E-state index in [1.54, 1.807) is 12.1 Å². The summed E-state index contributed by atoms with van der Waals surface area (Å²) in [6.07, 6.45) is -1.01. The molecule has 0 aliphatic carbocycles. The van der Waals surface area contributed by atoms with Crippen LogP contribution in [0.5, 0.6) is 0 Å². The van der Waals surface area contributed by atoms with Gasteiger partial charge in [0.2, 0.25) is 0 Å². The Hall–Kier alpha value is -3.58. The minimum Gasteiger partial charge on any atom is -0.439 e. The normalized spacial score (nSPS) is 18.2. The molecule has 3 aromatic carbocycles. The number of nitrogens with one attached hydrogen (secondary N) is 1. The molecule has 0 radical (unpaired) electrons. The Bertz CT molecular complexity index is 1020. The zero-order valence-electron chi connectivity index (χ0n) is 14.4. The van der Waals surface area contributed by atoms with Crippen molar-refractivity contribution in [2.45, 2.75) is 12.1 Å². The highest BCUT2D eigenvalue weighted by molar-refractivity contribution is 5.71. The van der Waals surface area contributed by atoms with E-state index >= 15 is 0 Å². The predicted molar refractivity (Wildman–Crippen MR) is 100 cm³/mol. The third-order valence-electron chi connectivity index (χ3n) is 4.38. The summed E-state index contributed by atoms with van der Waals surface area (Å²) in [7, 11) is 0. The second kappa shape index (κ2) is 7.35. The van der Waals surface area contributed by atoms with E-state index in [2.05, 4.69) is 17.2 Å². The number of carbonyl (C=O) groups excluding carboxylic acids is 1. The molecule has 1 amide bonds. The highest BCUT2D eigenvalue weighted by Gasteiger charge is 2.36. The Labute approximate surface area is 156 Å². The third kappa shape index (κ3) is 3.83. The fourth-order valence-electron chi connectivity index (χ4n) is 3.07. The van der Waals surface area contributed by atoms with Crippen molar-refractivity contribution in [3.8, 4) is 11.8 Å². The average molecular weight is 357 g/mol. The topological polar surface area (TPSA) is 38.3 Å². The largest absolute Gasteiger partial charge is 0.439 e. The summed E-state index contributed by atoms with van der Waals surface area (Å²) in [6, 6.07) is 23.0.